The Morgan fingerprint density at radius 3 is 1.14 bits per heavy atom. The van der Waals surface area contributed by atoms with Crippen LogP contribution in [0.4, 0.5) is 0 Å². The molecule has 0 bridgehead atoms. The number of hydrogen-bond acceptors (Lipinski definition) is 4. The van der Waals surface area contributed by atoms with Crippen LogP contribution in [0.25, 0.3) is 0 Å². The minimum Gasteiger partial charge on any atom is -1.00 e. The van der Waals surface area contributed by atoms with E-state index in [1.807, 2.05) is 12.1 Å². The van der Waals surface area contributed by atoms with Crippen LogP contribution in [-0.4, -0.2) is 24.5 Å². The minimum absolute atomic E-state index is 0. The summed E-state index contributed by atoms with van der Waals surface area (Å²) in [4.78, 5) is 9.95. The molecule has 231 valence electrons. The van der Waals surface area contributed by atoms with Crippen molar-refractivity contribution in [2.45, 2.75) is 143 Å². The van der Waals surface area contributed by atoms with E-state index in [9.17, 15) is 10.2 Å². The van der Waals surface area contributed by atoms with E-state index in [0.717, 1.165) is 47.9 Å². The Morgan fingerprint density at radius 2 is 0.881 bits per heavy atom. The van der Waals surface area contributed by atoms with Gasteiger partial charge in [-0.05, 0) is 67.9 Å². The molecule has 0 aliphatic heterocycles. The molecule has 2 atom stereocenters. The van der Waals surface area contributed by atoms with Gasteiger partial charge in [-0.2, -0.15) is 0 Å². The minimum atomic E-state index is -0.248. The van der Waals surface area contributed by atoms with E-state index in [4.69, 9.17) is 9.98 Å². The summed E-state index contributed by atoms with van der Waals surface area (Å²) in [7, 11) is 0. The van der Waals surface area contributed by atoms with Gasteiger partial charge >= 0.3 is 17.4 Å². The molecule has 0 amide bonds. The summed E-state index contributed by atoms with van der Waals surface area (Å²) in [5.74, 6) is 0.120. The Kier molecular flexibility index (Phi) is 12.6. The maximum atomic E-state index is 13.5. The van der Waals surface area contributed by atoms with Gasteiger partial charge in [0.05, 0.1) is 12.1 Å². The SMILES string of the molecule is CC(C)(C)c1cc(C=NC2CCCCC2N=Cc2cc(C(C)(C)C)cc(C(C)(C)C)c2[O-])c([O-])c(C(C)(C)C)c1.[Cl-].[Cr+3]. The molecule has 0 spiro atoms. The molecule has 2 unspecified atom stereocenters. The average Bonchev–Trinajstić information content (AvgIpc) is 2.80. The molecular formula is C36H52ClCrN2O2. The van der Waals surface area contributed by atoms with Crippen molar-refractivity contribution in [3.8, 4) is 11.5 Å². The van der Waals surface area contributed by atoms with Gasteiger partial charge in [0.1, 0.15) is 0 Å². The van der Waals surface area contributed by atoms with Gasteiger partial charge < -0.3 is 22.6 Å². The van der Waals surface area contributed by atoms with E-state index < -0.39 is 0 Å². The van der Waals surface area contributed by atoms with E-state index in [0.29, 0.717) is 11.1 Å². The molecule has 0 heterocycles. The number of nitrogens with zero attached hydrogens (tertiary/aromatic N) is 2. The fraction of sp³-hybridized carbons (Fsp3) is 0.611. The van der Waals surface area contributed by atoms with E-state index in [-0.39, 0.29) is 75.0 Å². The monoisotopic (exact) mass is 631 g/mol. The van der Waals surface area contributed by atoms with Crippen molar-refractivity contribution in [1.29, 1.82) is 0 Å². The molecule has 3 rings (SSSR count). The second-order valence-corrected chi connectivity index (χ2v) is 15.9. The third-order valence-corrected chi connectivity index (χ3v) is 8.09. The normalized spacial score (nSPS) is 18.7. The van der Waals surface area contributed by atoms with Crippen LogP contribution in [0.15, 0.2) is 34.3 Å². The second kappa shape index (κ2) is 13.9. The summed E-state index contributed by atoms with van der Waals surface area (Å²) in [6, 6.07) is 8.15. The molecule has 0 saturated heterocycles. The molecule has 1 saturated carbocycles. The summed E-state index contributed by atoms with van der Waals surface area (Å²) in [5, 5.41) is 26.9. The number of hydrogen-bond donors (Lipinski definition) is 0. The molecule has 2 aromatic rings. The fourth-order valence-electron chi connectivity index (χ4n) is 5.27. The number of halogens is 1. The van der Waals surface area contributed by atoms with Crippen molar-refractivity contribution >= 4 is 12.4 Å². The van der Waals surface area contributed by atoms with Crippen LogP contribution >= 0.6 is 0 Å². The number of aliphatic imine (C=N–C) groups is 2. The third kappa shape index (κ3) is 9.35. The topological polar surface area (TPSA) is 70.8 Å². The van der Waals surface area contributed by atoms with Crippen LogP contribution in [0.3, 0.4) is 0 Å². The van der Waals surface area contributed by atoms with Crippen molar-refractivity contribution < 1.29 is 40.0 Å². The molecule has 6 heteroatoms. The fourth-order valence-corrected chi connectivity index (χ4v) is 5.27. The van der Waals surface area contributed by atoms with E-state index in [2.05, 4.69) is 95.2 Å². The maximum absolute atomic E-state index is 13.5. The Balaban J connectivity index is 0.00000441. The van der Waals surface area contributed by atoms with Gasteiger partial charge in [-0.15, -0.1) is 0 Å². The molecule has 1 fully saturated rings. The number of benzene rings is 2. The summed E-state index contributed by atoms with van der Waals surface area (Å²) in [6.45, 7) is 25.6. The van der Waals surface area contributed by atoms with Crippen LogP contribution in [0.2, 0.25) is 0 Å². The quantitative estimate of drug-likeness (QED) is 0.452. The molecular weight excluding hydrogens is 580 g/mol. The zero-order valence-corrected chi connectivity index (χ0v) is 30.0. The predicted molar refractivity (Wildman–Crippen MR) is 168 cm³/mol. The largest absolute Gasteiger partial charge is 3.00 e. The van der Waals surface area contributed by atoms with Crippen molar-refractivity contribution in [1.82, 2.24) is 0 Å². The van der Waals surface area contributed by atoms with Gasteiger partial charge in [0.2, 0.25) is 0 Å². The van der Waals surface area contributed by atoms with Crippen molar-refractivity contribution in [2.24, 2.45) is 9.98 Å². The molecule has 0 aromatic heterocycles. The molecule has 42 heavy (non-hydrogen) atoms. The van der Waals surface area contributed by atoms with Crippen LogP contribution in [0, 0.1) is 0 Å². The first-order valence-corrected chi connectivity index (χ1v) is 15.0. The molecule has 1 aliphatic rings. The Hall–Kier alpha value is -1.80. The van der Waals surface area contributed by atoms with Crippen molar-refractivity contribution in [3.63, 3.8) is 0 Å². The van der Waals surface area contributed by atoms with Crippen LogP contribution in [-0.2, 0) is 39.0 Å². The number of rotatable bonds is 4. The first-order valence-electron chi connectivity index (χ1n) is 15.0. The average molecular weight is 632 g/mol. The van der Waals surface area contributed by atoms with Crippen molar-refractivity contribution in [2.75, 3.05) is 0 Å². The van der Waals surface area contributed by atoms with Gasteiger partial charge in [-0.25, -0.2) is 0 Å². The summed E-state index contributed by atoms with van der Waals surface area (Å²) in [5.41, 5.74) is 4.62. The molecule has 1 radical (unpaired) electrons. The summed E-state index contributed by atoms with van der Waals surface area (Å²) < 4.78 is 0. The van der Waals surface area contributed by atoms with Crippen LogP contribution < -0.4 is 22.6 Å². The van der Waals surface area contributed by atoms with Gasteiger partial charge in [-0.3, -0.25) is 9.98 Å². The van der Waals surface area contributed by atoms with Crippen LogP contribution in [0.1, 0.15) is 142 Å². The van der Waals surface area contributed by atoms with Gasteiger partial charge in [0, 0.05) is 12.4 Å². The zero-order chi connectivity index (χ0) is 30.3. The first-order chi connectivity index (χ1) is 18.2. The second-order valence-electron chi connectivity index (χ2n) is 15.9. The molecule has 4 nitrogen and oxygen atoms in total. The van der Waals surface area contributed by atoms with E-state index in [1.165, 1.54) is 0 Å². The molecule has 2 aromatic carbocycles. The Morgan fingerprint density at radius 1 is 0.571 bits per heavy atom. The van der Waals surface area contributed by atoms with Gasteiger partial charge in [-0.1, -0.05) is 132 Å². The van der Waals surface area contributed by atoms with Gasteiger partial charge in [0.15, 0.2) is 0 Å². The Labute approximate surface area is 273 Å². The zero-order valence-electron chi connectivity index (χ0n) is 27.9. The smallest absolute Gasteiger partial charge is 1.00 e. The van der Waals surface area contributed by atoms with Crippen LogP contribution in [0.5, 0.6) is 11.5 Å². The molecule has 0 N–H and O–H groups in total. The Bertz CT molecular complexity index is 1170. The molecule has 1 aliphatic carbocycles. The van der Waals surface area contributed by atoms with E-state index in [1.54, 1.807) is 12.4 Å². The third-order valence-electron chi connectivity index (χ3n) is 8.09. The van der Waals surface area contributed by atoms with E-state index >= 15 is 0 Å². The maximum Gasteiger partial charge on any atom is 3.00 e. The first kappa shape index (κ1) is 38.2. The summed E-state index contributed by atoms with van der Waals surface area (Å²) >= 11 is 0. The summed E-state index contributed by atoms with van der Waals surface area (Å²) in [6.07, 6.45) is 7.63. The standard InChI is InChI=1S/C36H54N2O2.ClH.Cr/c1-33(2,3)25-17-23(31(39)27(19-25)35(7,8)9)21-37-29-15-13-14-16-30(29)38-22-24-18-26(34(4,5)6)20-28(32(24)40)36(10,11)12;;/h17-22,29-30,39-40H,13-16H2,1-12H3;1H;/q;;+3/p-3. The van der Waals surface area contributed by atoms with Crippen molar-refractivity contribution in [3.05, 3.63) is 57.6 Å². The predicted octanol–water partition coefficient (Wildman–Crippen LogP) is 4.87. The van der Waals surface area contributed by atoms with Gasteiger partial charge in [0.25, 0.3) is 0 Å².